The maximum absolute atomic E-state index is 13.2. The van der Waals surface area contributed by atoms with E-state index in [2.05, 4.69) is 27.1 Å². The van der Waals surface area contributed by atoms with Crippen LogP contribution in [-0.2, 0) is 11.3 Å². The van der Waals surface area contributed by atoms with Crippen molar-refractivity contribution in [3.63, 3.8) is 0 Å². The lowest BCUT2D eigenvalue weighted by molar-refractivity contribution is -0.384. The number of likely N-dealkylation sites (N-methyl/N-ethyl adjacent to an activating group) is 1. The molecule has 3 heterocycles. The summed E-state index contributed by atoms with van der Waals surface area (Å²) in [4.78, 5) is 35.1. The highest BCUT2D eigenvalue weighted by Crippen LogP contribution is 2.27. The number of nitrogens with one attached hydrogen (secondary N) is 1. The van der Waals surface area contributed by atoms with Gasteiger partial charge in [0, 0.05) is 69.7 Å². The first kappa shape index (κ1) is 22.0. The van der Waals surface area contributed by atoms with Crippen molar-refractivity contribution in [2.45, 2.75) is 6.54 Å². The summed E-state index contributed by atoms with van der Waals surface area (Å²) in [6, 6.07) is 8.25. The number of carbonyl (C=O) groups is 1. The van der Waals surface area contributed by atoms with Crippen molar-refractivity contribution in [3.05, 3.63) is 57.8 Å². The second kappa shape index (κ2) is 9.92. The highest BCUT2D eigenvalue weighted by Gasteiger charge is 2.23. The molecule has 10 heteroatoms. The van der Waals surface area contributed by atoms with E-state index in [0.29, 0.717) is 44.1 Å². The Morgan fingerprint density at radius 1 is 1.12 bits per heavy atom. The molecule has 0 unspecified atom stereocenters. The predicted molar refractivity (Wildman–Crippen MR) is 121 cm³/mol. The van der Waals surface area contributed by atoms with Gasteiger partial charge in [-0.25, -0.2) is 4.98 Å². The summed E-state index contributed by atoms with van der Waals surface area (Å²) >= 11 is 0. The average molecular weight is 441 g/mol. The number of piperazine rings is 1. The molecule has 1 aromatic carbocycles. The van der Waals surface area contributed by atoms with Gasteiger partial charge in [-0.1, -0.05) is 6.07 Å². The van der Waals surface area contributed by atoms with Gasteiger partial charge in [0.15, 0.2) is 0 Å². The maximum atomic E-state index is 13.2. The number of benzene rings is 1. The third-order valence-electron chi connectivity index (χ3n) is 5.90. The molecule has 2 fully saturated rings. The van der Waals surface area contributed by atoms with Crippen LogP contribution in [0.4, 0.5) is 17.2 Å². The van der Waals surface area contributed by atoms with Gasteiger partial charge in [-0.2, -0.15) is 0 Å². The number of ether oxygens (including phenoxy) is 1. The number of nitrogens with zero attached hydrogens (tertiary/aromatic N) is 5. The number of pyridine rings is 1. The minimum absolute atomic E-state index is 0.105. The monoisotopic (exact) mass is 440 g/mol. The third kappa shape index (κ3) is 4.97. The summed E-state index contributed by atoms with van der Waals surface area (Å²) < 4.78 is 5.40. The van der Waals surface area contributed by atoms with Gasteiger partial charge >= 0.3 is 0 Å². The van der Waals surface area contributed by atoms with Gasteiger partial charge in [0.25, 0.3) is 11.6 Å². The Labute approximate surface area is 186 Å². The highest BCUT2D eigenvalue weighted by atomic mass is 16.6. The molecule has 32 heavy (non-hydrogen) atoms. The van der Waals surface area contributed by atoms with Crippen LogP contribution >= 0.6 is 0 Å². The molecule has 2 aliphatic heterocycles. The first-order chi connectivity index (χ1) is 15.5. The van der Waals surface area contributed by atoms with Crippen LogP contribution < -0.4 is 15.1 Å². The standard InChI is InChI=1S/C22H28N6O4/c1-25-7-9-27(10-8-25)21-17(3-2-6-23-21)16-24-22(29)19-15-18(28(30)31)4-5-20(19)26-11-13-32-14-12-26/h2-6,15H,7-14,16H2,1H3,(H,24,29). The van der Waals surface area contributed by atoms with E-state index in [0.717, 1.165) is 37.6 Å². The van der Waals surface area contributed by atoms with Crippen LogP contribution in [0.5, 0.6) is 0 Å². The van der Waals surface area contributed by atoms with Crippen LogP contribution in [0.1, 0.15) is 15.9 Å². The zero-order chi connectivity index (χ0) is 22.5. The van der Waals surface area contributed by atoms with Gasteiger partial charge < -0.3 is 24.8 Å². The lowest BCUT2D eigenvalue weighted by Crippen LogP contribution is -2.45. The van der Waals surface area contributed by atoms with Crippen LogP contribution in [0.25, 0.3) is 0 Å². The topological polar surface area (TPSA) is 104 Å². The molecule has 2 aliphatic rings. The number of nitro groups is 1. The molecule has 0 spiro atoms. The van der Waals surface area contributed by atoms with Gasteiger partial charge in [0.2, 0.25) is 0 Å². The Kier molecular flexibility index (Phi) is 6.81. The van der Waals surface area contributed by atoms with E-state index in [1.54, 1.807) is 12.3 Å². The Morgan fingerprint density at radius 3 is 2.59 bits per heavy atom. The molecule has 170 valence electrons. The minimum Gasteiger partial charge on any atom is -0.378 e. The fourth-order valence-electron chi connectivity index (χ4n) is 4.04. The minimum atomic E-state index is -0.480. The van der Waals surface area contributed by atoms with Crippen LogP contribution in [0.2, 0.25) is 0 Å². The van der Waals surface area contributed by atoms with Crippen LogP contribution in [-0.4, -0.2) is 80.2 Å². The van der Waals surface area contributed by atoms with Gasteiger partial charge in [-0.3, -0.25) is 14.9 Å². The third-order valence-corrected chi connectivity index (χ3v) is 5.90. The number of carbonyl (C=O) groups excluding carboxylic acids is 1. The molecule has 0 saturated carbocycles. The smallest absolute Gasteiger partial charge is 0.270 e. The predicted octanol–water partition coefficient (Wildman–Crippen LogP) is 1.51. The SMILES string of the molecule is CN1CCN(c2ncccc2CNC(=O)c2cc([N+](=O)[O-])ccc2N2CCOCC2)CC1. The molecule has 0 aliphatic carbocycles. The van der Waals surface area contributed by atoms with E-state index in [4.69, 9.17) is 4.74 Å². The van der Waals surface area contributed by atoms with E-state index < -0.39 is 4.92 Å². The number of aromatic nitrogens is 1. The Bertz CT molecular complexity index is 971. The average Bonchev–Trinajstić information content (AvgIpc) is 2.83. The van der Waals surface area contributed by atoms with Gasteiger partial charge in [0.1, 0.15) is 5.82 Å². The lowest BCUT2D eigenvalue weighted by Gasteiger charge is -2.34. The number of amides is 1. The molecule has 1 aromatic heterocycles. The van der Waals surface area contributed by atoms with Gasteiger partial charge in [-0.15, -0.1) is 0 Å². The number of hydrogen-bond acceptors (Lipinski definition) is 8. The summed E-state index contributed by atoms with van der Waals surface area (Å²) in [5.74, 6) is 0.525. The highest BCUT2D eigenvalue weighted by molar-refractivity contribution is 6.00. The summed E-state index contributed by atoms with van der Waals surface area (Å²) in [6.07, 6.45) is 1.76. The second-order valence-electron chi connectivity index (χ2n) is 8.02. The van der Waals surface area contributed by atoms with Crippen molar-refractivity contribution < 1.29 is 14.5 Å². The number of morpholine rings is 1. The fourth-order valence-corrected chi connectivity index (χ4v) is 4.04. The largest absolute Gasteiger partial charge is 0.378 e. The fraction of sp³-hybridized carbons (Fsp3) is 0.455. The molecular formula is C22H28N6O4. The number of anilines is 2. The van der Waals surface area contributed by atoms with Crippen LogP contribution in [0.15, 0.2) is 36.5 Å². The first-order valence-corrected chi connectivity index (χ1v) is 10.8. The van der Waals surface area contributed by atoms with Crippen LogP contribution in [0, 0.1) is 10.1 Å². The van der Waals surface area contributed by atoms with Crippen LogP contribution in [0.3, 0.4) is 0 Å². The maximum Gasteiger partial charge on any atom is 0.270 e. The molecule has 1 N–H and O–H groups in total. The molecule has 0 atom stereocenters. The van der Waals surface area contributed by atoms with Crippen molar-refractivity contribution in [2.75, 3.05) is 69.3 Å². The van der Waals surface area contributed by atoms with Crippen molar-refractivity contribution >= 4 is 23.1 Å². The first-order valence-electron chi connectivity index (χ1n) is 10.8. The summed E-state index contributed by atoms with van der Waals surface area (Å²) in [5.41, 5.74) is 1.79. The molecule has 1 amide bonds. The van der Waals surface area contributed by atoms with E-state index in [1.807, 2.05) is 17.0 Å². The molecule has 2 aromatic rings. The lowest BCUT2D eigenvalue weighted by atomic mass is 10.1. The number of non-ortho nitro benzene ring substituents is 1. The van der Waals surface area contributed by atoms with Crippen molar-refractivity contribution in [1.82, 2.24) is 15.2 Å². The normalized spacial score (nSPS) is 17.3. The molecule has 2 saturated heterocycles. The van der Waals surface area contributed by atoms with E-state index in [1.165, 1.54) is 12.1 Å². The summed E-state index contributed by atoms with van der Waals surface area (Å²) in [6.45, 7) is 6.34. The quantitative estimate of drug-likeness (QED) is 0.533. The number of nitro benzene ring substituents is 1. The molecular weight excluding hydrogens is 412 g/mol. The number of hydrogen-bond donors (Lipinski definition) is 1. The zero-order valence-corrected chi connectivity index (χ0v) is 18.2. The van der Waals surface area contributed by atoms with Gasteiger partial charge in [0.05, 0.1) is 29.4 Å². The summed E-state index contributed by atoms with van der Waals surface area (Å²) in [5, 5.41) is 14.3. The van der Waals surface area contributed by atoms with E-state index in [-0.39, 0.29) is 11.6 Å². The van der Waals surface area contributed by atoms with Crippen molar-refractivity contribution in [1.29, 1.82) is 0 Å². The number of rotatable bonds is 6. The molecule has 4 rings (SSSR count). The zero-order valence-electron chi connectivity index (χ0n) is 18.2. The van der Waals surface area contributed by atoms with Gasteiger partial charge in [-0.05, 0) is 19.2 Å². The van der Waals surface area contributed by atoms with Crippen molar-refractivity contribution in [2.24, 2.45) is 0 Å². The Hall–Kier alpha value is -3.24. The Morgan fingerprint density at radius 2 is 1.88 bits per heavy atom. The molecule has 0 bridgehead atoms. The Balaban J connectivity index is 1.53. The van der Waals surface area contributed by atoms with E-state index >= 15 is 0 Å². The van der Waals surface area contributed by atoms with E-state index in [9.17, 15) is 14.9 Å². The summed E-state index contributed by atoms with van der Waals surface area (Å²) in [7, 11) is 2.10. The molecule has 0 radical (unpaired) electrons. The van der Waals surface area contributed by atoms with Crippen molar-refractivity contribution in [3.8, 4) is 0 Å². The second-order valence-corrected chi connectivity index (χ2v) is 8.02. The molecule has 10 nitrogen and oxygen atoms in total.